The van der Waals surface area contributed by atoms with Gasteiger partial charge in [0, 0.05) is 30.9 Å². The minimum absolute atomic E-state index is 0.0224. The largest absolute Gasteiger partial charge is 0.465 e. The summed E-state index contributed by atoms with van der Waals surface area (Å²) in [5, 5.41) is 26.8. The molecule has 2 heterocycles. The Hall–Kier alpha value is -3.46. The topological polar surface area (TPSA) is 113 Å². The van der Waals surface area contributed by atoms with E-state index in [1.165, 1.54) is 11.0 Å². The van der Waals surface area contributed by atoms with Gasteiger partial charge < -0.3 is 10.2 Å². The highest BCUT2D eigenvalue weighted by Gasteiger charge is 2.13. The molecule has 1 amide bonds. The lowest BCUT2D eigenvalue weighted by molar-refractivity contribution is 0.202. The van der Waals surface area contributed by atoms with E-state index in [4.69, 9.17) is 5.11 Å². The molecule has 0 aliphatic rings. The van der Waals surface area contributed by atoms with Crippen molar-refractivity contribution in [2.24, 2.45) is 0 Å². The first-order valence-electron chi connectivity index (χ1n) is 8.83. The summed E-state index contributed by atoms with van der Waals surface area (Å²) in [6.45, 7) is 2.44. The summed E-state index contributed by atoms with van der Waals surface area (Å²) >= 11 is 0. The first-order chi connectivity index (χ1) is 13.5. The average molecular weight is 383 g/mol. The van der Waals surface area contributed by atoms with Crippen LogP contribution in [0.25, 0.3) is 5.69 Å². The van der Waals surface area contributed by atoms with Gasteiger partial charge in [-0.1, -0.05) is 12.1 Å². The average Bonchev–Trinajstić information content (AvgIpc) is 3.13. The number of carboxylic acid groups (broad SMARTS) is 1. The molecule has 0 unspecified atom stereocenters. The van der Waals surface area contributed by atoms with Crippen molar-refractivity contribution in [1.82, 2.24) is 19.6 Å². The van der Waals surface area contributed by atoms with E-state index in [1.54, 1.807) is 53.1 Å². The van der Waals surface area contributed by atoms with E-state index in [1.807, 2.05) is 6.07 Å². The van der Waals surface area contributed by atoms with Gasteiger partial charge in [0.05, 0.1) is 25.5 Å². The van der Waals surface area contributed by atoms with Crippen LogP contribution in [0.1, 0.15) is 18.2 Å². The van der Waals surface area contributed by atoms with Gasteiger partial charge in [-0.25, -0.2) is 9.48 Å². The zero-order valence-electron chi connectivity index (χ0n) is 15.4. The van der Waals surface area contributed by atoms with Crippen LogP contribution in [0.5, 0.6) is 0 Å². The summed E-state index contributed by atoms with van der Waals surface area (Å²) in [5.74, 6) is 0. The second kappa shape index (κ2) is 8.49. The molecular formula is C19H21N5O4. The standard InChI is InChI=1S/C19H21N5O4/c1-2-23(19(27)28)15-5-3-4-14(10-15)11-17-18(26)6-7-24(21-17)16-12-20-22(13-16)8-9-25/h3-7,10,12-13,25H,2,8-9,11H2,1H3,(H,27,28). The molecule has 0 saturated heterocycles. The van der Waals surface area contributed by atoms with E-state index in [2.05, 4.69) is 10.2 Å². The van der Waals surface area contributed by atoms with Gasteiger partial charge in [-0.15, -0.1) is 0 Å². The number of carbonyl (C=O) groups is 1. The molecule has 9 heteroatoms. The lowest BCUT2D eigenvalue weighted by atomic mass is 10.1. The summed E-state index contributed by atoms with van der Waals surface area (Å²) in [6.07, 6.45) is 4.13. The van der Waals surface area contributed by atoms with Crippen LogP contribution in [-0.4, -0.2) is 49.0 Å². The van der Waals surface area contributed by atoms with Crippen molar-refractivity contribution in [1.29, 1.82) is 0 Å². The maximum Gasteiger partial charge on any atom is 0.411 e. The summed E-state index contributed by atoms with van der Waals surface area (Å²) < 4.78 is 3.14. The molecule has 0 aliphatic carbocycles. The fraction of sp³-hybridized carbons (Fsp3) is 0.263. The monoisotopic (exact) mass is 383 g/mol. The van der Waals surface area contributed by atoms with Crippen LogP contribution in [0.15, 0.2) is 53.7 Å². The lowest BCUT2D eigenvalue weighted by Crippen LogP contribution is -2.28. The van der Waals surface area contributed by atoms with E-state index in [0.717, 1.165) is 5.56 Å². The normalized spacial score (nSPS) is 10.8. The summed E-state index contributed by atoms with van der Waals surface area (Å²) in [4.78, 5) is 24.8. The van der Waals surface area contributed by atoms with E-state index in [-0.39, 0.29) is 18.5 Å². The number of amides is 1. The fourth-order valence-corrected chi connectivity index (χ4v) is 2.87. The number of hydrogen-bond acceptors (Lipinski definition) is 5. The second-order valence-electron chi connectivity index (χ2n) is 6.13. The molecule has 2 aromatic heterocycles. The number of aliphatic hydroxyl groups is 1. The number of aromatic nitrogens is 4. The van der Waals surface area contributed by atoms with Gasteiger partial charge in [0.1, 0.15) is 11.4 Å². The smallest absolute Gasteiger partial charge is 0.411 e. The Labute approximate surface area is 161 Å². The minimum atomic E-state index is -1.03. The quantitative estimate of drug-likeness (QED) is 0.639. The molecule has 0 bridgehead atoms. The van der Waals surface area contributed by atoms with Crippen molar-refractivity contribution in [2.75, 3.05) is 18.1 Å². The highest BCUT2D eigenvalue weighted by atomic mass is 16.4. The van der Waals surface area contributed by atoms with Crippen LogP contribution in [0.3, 0.4) is 0 Å². The Morgan fingerprint density at radius 3 is 2.82 bits per heavy atom. The molecule has 3 rings (SSSR count). The van der Waals surface area contributed by atoms with Crippen molar-refractivity contribution >= 4 is 11.8 Å². The second-order valence-corrected chi connectivity index (χ2v) is 6.13. The zero-order valence-corrected chi connectivity index (χ0v) is 15.4. The van der Waals surface area contributed by atoms with E-state index in [9.17, 15) is 14.7 Å². The molecule has 0 spiro atoms. The Kier molecular flexibility index (Phi) is 5.85. The third kappa shape index (κ3) is 4.26. The van der Waals surface area contributed by atoms with Crippen LogP contribution in [0, 0.1) is 0 Å². The van der Waals surface area contributed by atoms with Crippen molar-refractivity contribution in [3.8, 4) is 5.69 Å². The highest BCUT2D eigenvalue weighted by Crippen LogP contribution is 2.18. The molecule has 9 nitrogen and oxygen atoms in total. The third-order valence-electron chi connectivity index (χ3n) is 4.23. The predicted octanol–water partition coefficient (Wildman–Crippen LogP) is 1.52. The molecule has 28 heavy (non-hydrogen) atoms. The molecular weight excluding hydrogens is 362 g/mol. The molecule has 146 valence electrons. The van der Waals surface area contributed by atoms with Gasteiger partial charge in [-0.2, -0.15) is 10.2 Å². The Morgan fingerprint density at radius 2 is 2.11 bits per heavy atom. The zero-order chi connectivity index (χ0) is 20.1. The Bertz CT molecular complexity index is 1030. The maximum atomic E-state index is 12.3. The van der Waals surface area contributed by atoms with E-state index in [0.29, 0.717) is 30.2 Å². The highest BCUT2D eigenvalue weighted by molar-refractivity contribution is 5.85. The van der Waals surface area contributed by atoms with Gasteiger partial charge in [0.15, 0.2) is 0 Å². The molecule has 2 N–H and O–H groups in total. The van der Waals surface area contributed by atoms with Gasteiger partial charge in [-0.3, -0.25) is 14.4 Å². The molecule has 0 saturated carbocycles. The number of rotatable bonds is 7. The van der Waals surface area contributed by atoms with Crippen LogP contribution in [0.2, 0.25) is 0 Å². The molecule has 1 aromatic carbocycles. The third-order valence-corrected chi connectivity index (χ3v) is 4.23. The summed E-state index contributed by atoms with van der Waals surface area (Å²) in [6, 6.07) is 8.49. The van der Waals surface area contributed by atoms with Crippen LogP contribution >= 0.6 is 0 Å². The fourth-order valence-electron chi connectivity index (χ4n) is 2.87. The summed E-state index contributed by atoms with van der Waals surface area (Å²) in [5.41, 5.74) is 2.15. The van der Waals surface area contributed by atoms with Gasteiger partial charge >= 0.3 is 6.09 Å². The minimum Gasteiger partial charge on any atom is -0.465 e. The predicted molar refractivity (Wildman–Crippen MR) is 103 cm³/mol. The number of benzene rings is 1. The van der Waals surface area contributed by atoms with Crippen LogP contribution in [-0.2, 0) is 13.0 Å². The van der Waals surface area contributed by atoms with Crippen molar-refractivity contribution < 1.29 is 15.0 Å². The Balaban J connectivity index is 1.88. The SMILES string of the molecule is CCN(C(=O)O)c1cccc(Cc2nn(-c3cnn(CCO)c3)ccc2=O)c1. The number of anilines is 1. The van der Waals surface area contributed by atoms with Gasteiger partial charge in [0.2, 0.25) is 5.43 Å². The van der Waals surface area contributed by atoms with Crippen molar-refractivity contribution in [3.63, 3.8) is 0 Å². The lowest BCUT2D eigenvalue weighted by Gasteiger charge is -2.17. The maximum absolute atomic E-state index is 12.3. The van der Waals surface area contributed by atoms with Gasteiger partial charge in [0.25, 0.3) is 0 Å². The molecule has 0 atom stereocenters. The molecule has 0 aliphatic heterocycles. The van der Waals surface area contributed by atoms with Gasteiger partial charge in [-0.05, 0) is 24.6 Å². The van der Waals surface area contributed by atoms with Crippen LogP contribution < -0.4 is 10.3 Å². The Morgan fingerprint density at radius 1 is 1.29 bits per heavy atom. The molecule has 0 fully saturated rings. The molecule has 3 aromatic rings. The van der Waals surface area contributed by atoms with E-state index >= 15 is 0 Å². The first-order valence-corrected chi connectivity index (χ1v) is 8.83. The number of nitrogens with zero attached hydrogens (tertiary/aromatic N) is 5. The first kappa shape index (κ1) is 19.3. The molecule has 0 radical (unpaired) electrons. The summed E-state index contributed by atoms with van der Waals surface area (Å²) in [7, 11) is 0. The number of hydrogen-bond donors (Lipinski definition) is 2. The van der Waals surface area contributed by atoms with Crippen LogP contribution in [0.4, 0.5) is 10.5 Å². The van der Waals surface area contributed by atoms with E-state index < -0.39 is 6.09 Å². The van der Waals surface area contributed by atoms with Crippen molar-refractivity contribution in [3.05, 3.63) is 70.4 Å². The van der Waals surface area contributed by atoms with Crippen molar-refractivity contribution in [2.45, 2.75) is 19.9 Å². The number of aliphatic hydroxyl groups excluding tert-OH is 1.